The van der Waals surface area contributed by atoms with E-state index in [9.17, 15) is 5.11 Å². The van der Waals surface area contributed by atoms with Crippen LogP contribution >= 0.6 is 0 Å². The van der Waals surface area contributed by atoms with Gasteiger partial charge >= 0.3 is 0 Å². The molecule has 0 saturated heterocycles. The molecule has 0 radical (unpaired) electrons. The third-order valence-electron chi connectivity index (χ3n) is 2.57. The van der Waals surface area contributed by atoms with Crippen molar-refractivity contribution < 1.29 is 9.84 Å². The third-order valence-corrected chi connectivity index (χ3v) is 2.57. The maximum Gasteiger partial charge on any atom is 0.0790 e. The maximum atomic E-state index is 9.90. The zero-order valence-electron chi connectivity index (χ0n) is 9.52. The van der Waals surface area contributed by atoms with E-state index in [1.807, 2.05) is 30.3 Å². The standard InChI is InChI=1S/C13H20O2/c1-11(10-15-2)8-9-13(14)12-6-4-3-5-7-12/h3-7,11,13-14H,8-10H2,1-2H3. The molecule has 0 aromatic heterocycles. The van der Waals surface area contributed by atoms with E-state index in [0.717, 1.165) is 25.0 Å². The van der Waals surface area contributed by atoms with Gasteiger partial charge in [-0.2, -0.15) is 0 Å². The lowest BCUT2D eigenvalue weighted by Gasteiger charge is -2.14. The lowest BCUT2D eigenvalue weighted by molar-refractivity contribution is 0.126. The molecule has 0 aliphatic carbocycles. The number of rotatable bonds is 6. The van der Waals surface area contributed by atoms with E-state index in [1.54, 1.807) is 7.11 Å². The van der Waals surface area contributed by atoms with Crippen molar-refractivity contribution in [3.05, 3.63) is 35.9 Å². The molecule has 1 N–H and O–H groups in total. The minimum atomic E-state index is -0.342. The molecule has 0 fully saturated rings. The second-order valence-electron chi connectivity index (χ2n) is 4.06. The summed E-state index contributed by atoms with van der Waals surface area (Å²) in [7, 11) is 1.71. The van der Waals surface area contributed by atoms with Gasteiger partial charge in [0.15, 0.2) is 0 Å². The van der Waals surface area contributed by atoms with Gasteiger partial charge in [-0.15, -0.1) is 0 Å². The molecule has 15 heavy (non-hydrogen) atoms. The first-order valence-electron chi connectivity index (χ1n) is 5.46. The molecule has 1 rings (SSSR count). The monoisotopic (exact) mass is 208 g/mol. The fourth-order valence-corrected chi connectivity index (χ4v) is 1.65. The Balaban J connectivity index is 2.33. The number of hydrogen-bond donors (Lipinski definition) is 1. The van der Waals surface area contributed by atoms with Crippen molar-refractivity contribution in [2.24, 2.45) is 5.92 Å². The molecule has 84 valence electrons. The summed E-state index contributed by atoms with van der Waals surface area (Å²) in [5.41, 5.74) is 1.00. The summed E-state index contributed by atoms with van der Waals surface area (Å²) in [4.78, 5) is 0. The van der Waals surface area contributed by atoms with Gasteiger partial charge in [0.2, 0.25) is 0 Å². The van der Waals surface area contributed by atoms with E-state index >= 15 is 0 Å². The van der Waals surface area contributed by atoms with Gasteiger partial charge < -0.3 is 9.84 Å². The molecule has 0 amide bonds. The number of benzene rings is 1. The average molecular weight is 208 g/mol. The Bertz CT molecular complexity index is 258. The Morgan fingerprint density at radius 2 is 1.87 bits per heavy atom. The fraction of sp³-hybridized carbons (Fsp3) is 0.538. The van der Waals surface area contributed by atoms with Gasteiger partial charge in [0.05, 0.1) is 6.10 Å². The highest BCUT2D eigenvalue weighted by atomic mass is 16.5. The Labute approximate surface area is 91.9 Å². The Morgan fingerprint density at radius 3 is 2.47 bits per heavy atom. The van der Waals surface area contributed by atoms with Crippen LogP contribution in [0.5, 0.6) is 0 Å². The van der Waals surface area contributed by atoms with E-state index in [-0.39, 0.29) is 6.10 Å². The molecule has 0 aliphatic heterocycles. The smallest absolute Gasteiger partial charge is 0.0790 e. The zero-order chi connectivity index (χ0) is 11.1. The molecule has 2 nitrogen and oxygen atoms in total. The second-order valence-corrected chi connectivity index (χ2v) is 4.06. The number of hydrogen-bond acceptors (Lipinski definition) is 2. The number of aliphatic hydroxyl groups is 1. The van der Waals surface area contributed by atoms with Crippen LogP contribution in [-0.4, -0.2) is 18.8 Å². The van der Waals surface area contributed by atoms with Crippen LogP contribution in [0.15, 0.2) is 30.3 Å². The van der Waals surface area contributed by atoms with Gasteiger partial charge in [-0.05, 0) is 24.3 Å². The summed E-state index contributed by atoms with van der Waals surface area (Å²) in [6.45, 7) is 2.91. The molecule has 1 aromatic rings. The molecule has 2 unspecified atom stereocenters. The van der Waals surface area contributed by atoms with Crippen molar-refractivity contribution in [1.82, 2.24) is 0 Å². The van der Waals surface area contributed by atoms with Crippen molar-refractivity contribution >= 4 is 0 Å². The molecule has 2 heteroatoms. The summed E-state index contributed by atoms with van der Waals surface area (Å²) in [6.07, 6.45) is 1.45. The quantitative estimate of drug-likeness (QED) is 0.779. The normalized spacial score (nSPS) is 14.9. The molecule has 0 aliphatic rings. The van der Waals surface area contributed by atoms with Gasteiger partial charge in [0.1, 0.15) is 0 Å². The lowest BCUT2D eigenvalue weighted by atomic mass is 9.99. The van der Waals surface area contributed by atoms with Gasteiger partial charge in [0.25, 0.3) is 0 Å². The van der Waals surface area contributed by atoms with E-state index in [1.165, 1.54) is 0 Å². The topological polar surface area (TPSA) is 29.5 Å². The van der Waals surface area contributed by atoms with E-state index in [0.29, 0.717) is 5.92 Å². The number of methoxy groups -OCH3 is 1. The van der Waals surface area contributed by atoms with Gasteiger partial charge in [-0.1, -0.05) is 37.3 Å². The number of ether oxygens (including phenoxy) is 1. The van der Waals surface area contributed by atoms with Crippen LogP contribution in [0, 0.1) is 5.92 Å². The molecular weight excluding hydrogens is 188 g/mol. The summed E-state index contributed by atoms with van der Waals surface area (Å²) in [5, 5.41) is 9.90. The molecule has 0 saturated carbocycles. The molecular formula is C13H20O2. The second kappa shape index (κ2) is 6.59. The first kappa shape index (κ1) is 12.2. The van der Waals surface area contributed by atoms with Crippen LogP contribution in [0.4, 0.5) is 0 Å². The highest BCUT2D eigenvalue weighted by molar-refractivity contribution is 5.16. The number of aliphatic hydroxyl groups excluding tert-OH is 1. The van der Waals surface area contributed by atoms with Crippen LogP contribution in [-0.2, 0) is 4.74 Å². The average Bonchev–Trinajstić information content (AvgIpc) is 2.27. The van der Waals surface area contributed by atoms with E-state index < -0.39 is 0 Å². The predicted molar refractivity (Wildman–Crippen MR) is 61.7 cm³/mol. The van der Waals surface area contributed by atoms with Crippen LogP contribution in [0.3, 0.4) is 0 Å². The van der Waals surface area contributed by atoms with Gasteiger partial charge in [-0.3, -0.25) is 0 Å². The minimum absolute atomic E-state index is 0.342. The van der Waals surface area contributed by atoms with Crippen molar-refractivity contribution in [2.45, 2.75) is 25.9 Å². The van der Waals surface area contributed by atoms with Crippen molar-refractivity contribution in [3.63, 3.8) is 0 Å². The highest BCUT2D eigenvalue weighted by Crippen LogP contribution is 2.20. The lowest BCUT2D eigenvalue weighted by Crippen LogP contribution is -2.06. The first-order chi connectivity index (χ1) is 7.24. The van der Waals surface area contributed by atoms with Crippen molar-refractivity contribution in [3.8, 4) is 0 Å². The van der Waals surface area contributed by atoms with E-state index in [2.05, 4.69) is 6.92 Å². The van der Waals surface area contributed by atoms with Crippen LogP contribution in [0.25, 0.3) is 0 Å². The largest absolute Gasteiger partial charge is 0.388 e. The predicted octanol–water partition coefficient (Wildman–Crippen LogP) is 2.78. The third kappa shape index (κ3) is 4.45. The summed E-state index contributed by atoms with van der Waals surface area (Å²) in [5.74, 6) is 0.508. The zero-order valence-corrected chi connectivity index (χ0v) is 9.52. The summed E-state index contributed by atoms with van der Waals surface area (Å²) in [6, 6.07) is 9.80. The van der Waals surface area contributed by atoms with Crippen LogP contribution in [0.2, 0.25) is 0 Å². The van der Waals surface area contributed by atoms with Crippen molar-refractivity contribution in [2.75, 3.05) is 13.7 Å². The SMILES string of the molecule is COCC(C)CCC(O)c1ccccc1. The summed E-state index contributed by atoms with van der Waals surface area (Å²) < 4.78 is 5.06. The first-order valence-corrected chi connectivity index (χ1v) is 5.46. The minimum Gasteiger partial charge on any atom is -0.388 e. The Kier molecular flexibility index (Phi) is 5.37. The molecule has 0 heterocycles. The van der Waals surface area contributed by atoms with Crippen LogP contribution < -0.4 is 0 Å². The van der Waals surface area contributed by atoms with Gasteiger partial charge in [-0.25, -0.2) is 0 Å². The van der Waals surface area contributed by atoms with Crippen molar-refractivity contribution in [1.29, 1.82) is 0 Å². The Morgan fingerprint density at radius 1 is 1.20 bits per heavy atom. The van der Waals surface area contributed by atoms with E-state index in [4.69, 9.17) is 4.74 Å². The molecule has 1 aromatic carbocycles. The Hall–Kier alpha value is -0.860. The molecule has 0 spiro atoms. The summed E-state index contributed by atoms with van der Waals surface area (Å²) >= 11 is 0. The molecule has 0 bridgehead atoms. The molecule has 2 atom stereocenters. The van der Waals surface area contributed by atoms with Gasteiger partial charge in [0, 0.05) is 13.7 Å². The highest BCUT2D eigenvalue weighted by Gasteiger charge is 2.09. The maximum absolute atomic E-state index is 9.90. The fourth-order valence-electron chi connectivity index (χ4n) is 1.65. The van der Waals surface area contributed by atoms with Crippen LogP contribution in [0.1, 0.15) is 31.4 Å².